The summed E-state index contributed by atoms with van der Waals surface area (Å²) in [7, 11) is 2.13. The average Bonchev–Trinajstić information content (AvgIpc) is 3.08. The molecule has 0 unspecified atom stereocenters. The third kappa shape index (κ3) is 4.98. The summed E-state index contributed by atoms with van der Waals surface area (Å²) in [6, 6.07) is 13.9. The molecule has 1 aliphatic rings. The van der Waals surface area contributed by atoms with Crippen LogP contribution in [0.2, 0.25) is 5.02 Å². The Balaban J connectivity index is 1.94. The van der Waals surface area contributed by atoms with E-state index in [1.165, 1.54) is 12.1 Å². The number of hydrogen-bond donors (Lipinski definition) is 0. The van der Waals surface area contributed by atoms with Crippen LogP contribution in [-0.2, 0) is 11.3 Å². The van der Waals surface area contributed by atoms with Crippen molar-refractivity contribution >= 4 is 17.6 Å². The summed E-state index contributed by atoms with van der Waals surface area (Å²) in [6.45, 7) is 8.49. The smallest absolute Gasteiger partial charge is 0.340 e. The van der Waals surface area contributed by atoms with Gasteiger partial charge in [-0.25, -0.2) is 9.18 Å². The molecule has 1 aliphatic heterocycles. The first-order chi connectivity index (χ1) is 15.9. The van der Waals surface area contributed by atoms with Gasteiger partial charge in [0, 0.05) is 60.4 Å². The van der Waals surface area contributed by atoms with Crippen molar-refractivity contribution < 1.29 is 13.9 Å². The number of likely N-dealkylation sites (N-methyl/N-ethyl adjacent to an activating group) is 1. The summed E-state index contributed by atoms with van der Waals surface area (Å²) in [4.78, 5) is 17.9. The molecule has 0 N–H and O–H groups in total. The van der Waals surface area contributed by atoms with Crippen molar-refractivity contribution in [3.8, 4) is 16.8 Å². The molecule has 0 bridgehead atoms. The summed E-state index contributed by atoms with van der Waals surface area (Å²) in [5.74, 6) is -0.687. The van der Waals surface area contributed by atoms with Gasteiger partial charge >= 0.3 is 5.97 Å². The zero-order chi connectivity index (χ0) is 23.5. The molecule has 174 valence electrons. The van der Waals surface area contributed by atoms with Crippen molar-refractivity contribution in [1.29, 1.82) is 0 Å². The lowest BCUT2D eigenvalue weighted by molar-refractivity contribution is 0.0526. The second-order valence-electron chi connectivity index (χ2n) is 8.40. The highest BCUT2D eigenvalue weighted by Gasteiger charge is 2.29. The van der Waals surface area contributed by atoms with Gasteiger partial charge in [0.25, 0.3) is 0 Å². The Morgan fingerprint density at radius 3 is 2.27 bits per heavy atom. The minimum Gasteiger partial charge on any atom is -0.462 e. The minimum atomic E-state index is -0.373. The van der Waals surface area contributed by atoms with Gasteiger partial charge in [0.15, 0.2) is 0 Å². The van der Waals surface area contributed by atoms with Crippen molar-refractivity contribution in [3.63, 3.8) is 0 Å². The predicted molar refractivity (Wildman–Crippen MR) is 130 cm³/mol. The SMILES string of the molecule is CCOC(=O)c1c(-c2ccc(F)cc2)c(CN2CCN(C)CC2)n(-c2ccc(Cl)cc2)c1C. The lowest BCUT2D eigenvalue weighted by Gasteiger charge is -2.33. The van der Waals surface area contributed by atoms with Crippen LogP contribution in [0.15, 0.2) is 48.5 Å². The molecule has 4 rings (SSSR count). The molecular weight excluding hydrogens is 441 g/mol. The number of benzene rings is 2. The third-order valence-corrected chi connectivity index (χ3v) is 6.42. The highest BCUT2D eigenvalue weighted by molar-refractivity contribution is 6.30. The quantitative estimate of drug-likeness (QED) is 0.467. The molecule has 1 fully saturated rings. The molecule has 7 heteroatoms. The molecule has 2 aromatic carbocycles. The topological polar surface area (TPSA) is 37.7 Å². The number of halogens is 2. The van der Waals surface area contributed by atoms with Gasteiger partial charge in [0.05, 0.1) is 12.2 Å². The van der Waals surface area contributed by atoms with Crippen LogP contribution in [0.1, 0.15) is 28.7 Å². The molecule has 33 heavy (non-hydrogen) atoms. The molecule has 0 aliphatic carbocycles. The van der Waals surface area contributed by atoms with Gasteiger partial charge in [-0.1, -0.05) is 23.7 Å². The van der Waals surface area contributed by atoms with E-state index < -0.39 is 0 Å². The van der Waals surface area contributed by atoms with Crippen LogP contribution < -0.4 is 0 Å². The Morgan fingerprint density at radius 1 is 1.03 bits per heavy atom. The van der Waals surface area contributed by atoms with Crippen molar-refractivity contribution in [2.75, 3.05) is 39.8 Å². The summed E-state index contributed by atoms with van der Waals surface area (Å²) in [5.41, 5.74) is 4.79. The zero-order valence-corrected chi connectivity index (χ0v) is 20.0. The fourth-order valence-electron chi connectivity index (χ4n) is 4.44. The summed E-state index contributed by atoms with van der Waals surface area (Å²) in [5, 5.41) is 0.647. The van der Waals surface area contributed by atoms with Gasteiger partial charge in [-0.05, 0) is 62.9 Å². The second kappa shape index (κ2) is 10.1. The van der Waals surface area contributed by atoms with Gasteiger partial charge < -0.3 is 14.2 Å². The monoisotopic (exact) mass is 469 g/mol. The Morgan fingerprint density at radius 2 is 1.67 bits per heavy atom. The molecule has 0 spiro atoms. The summed E-state index contributed by atoms with van der Waals surface area (Å²) < 4.78 is 21.3. The number of carbonyl (C=O) groups is 1. The van der Waals surface area contributed by atoms with Gasteiger partial charge in [0.1, 0.15) is 5.82 Å². The van der Waals surface area contributed by atoms with E-state index in [1.54, 1.807) is 19.1 Å². The first-order valence-corrected chi connectivity index (χ1v) is 11.6. The first kappa shape index (κ1) is 23.5. The maximum atomic E-state index is 13.8. The molecule has 1 aromatic heterocycles. The average molecular weight is 470 g/mol. The van der Waals surface area contributed by atoms with Gasteiger partial charge in [-0.15, -0.1) is 0 Å². The highest BCUT2D eigenvalue weighted by atomic mass is 35.5. The number of piperazine rings is 1. The maximum absolute atomic E-state index is 13.8. The van der Waals surface area contributed by atoms with E-state index in [1.807, 2.05) is 31.2 Å². The molecular formula is C26H29ClFN3O2. The van der Waals surface area contributed by atoms with Gasteiger partial charge in [-0.2, -0.15) is 0 Å². The van der Waals surface area contributed by atoms with Crippen molar-refractivity contribution in [2.24, 2.45) is 0 Å². The Hall–Kier alpha value is -2.67. The van der Waals surface area contributed by atoms with E-state index >= 15 is 0 Å². The van der Waals surface area contributed by atoms with Crippen LogP contribution in [-0.4, -0.2) is 60.2 Å². The van der Waals surface area contributed by atoms with Gasteiger partial charge in [-0.3, -0.25) is 4.90 Å². The number of ether oxygens (including phenoxy) is 1. The molecule has 0 atom stereocenters. The van der Waals surface area contributed by atoms with E-state index in [0.717, 1.165) is 54.4 Å². The standard InChI is InChI=1S/C26H29ClFN3O2/c1-4-33-26(32)24-18(2)31(22-11-7-20(27)8-12-22)23(17-30-15-13-29(3)14-16-30)25(24)19-5-9-21(28)10-6-19/h5-12H,4,13-17H2,1-3H3. The molecule has 0 radical (unpaired) electrons. The number of carbonyl (C=O) groups excluding carboxylic acids is 1. The minimum absolute atomic E-state index is 0.279. The second-order valence-corrected chi connectivity index (χ2v) is 8.84. The molecule has 3 aromatic rings. The van der Waals surface area contributed by atoms with Gasteiger partial charge in [0.2, 0.25) is 0 Å². The number of rotatable bonds is 6. The van der Waals surface area contributed by atoms with Crippen LogP contribution in [0, 0.1) is 12.7 Å². The Labute approximate surface area is 199 Å². The third-order valence-electron chi connectivity index (χ3n) is 6.17. The number of nitrogens with zero attached hydrogens (tertiary/aromatic N) is 3. The van der Waals surface area contributed by atoms with Crippen molar-refractivity contribution in [3.05, 3.63) is 76.3 Å². The normalized spacial score (nSPS) is 15.1. The maximum Gasteiger partial charge on any atom is 0.340 e. The number of hydrogen-bond acceptors (Lipinski definition) is 4. The lowest BCUT2D eigenvalue weighted by atomic mass is 9.99. The Bertz CT molecular complexity index is 1120. The number of esters is 1. The molecule has 0 saturated carbocycles. The van der Waals surface area contributed by atoms with E-state index in [4.69, 9.17) is 16.3 Å². The van der Waals surface area contributed by atoms with Crippen LogP contribution >= 0.6 is 11.6 Å². The van der Waals surface area contributed by atoms with Crippen molar-refractivity contribution in [2.45, 2.75) is 20.4 Å². The van der Waals surface area contributed by atoms with Crippen LogP contribution in [0.4, 0.5) is 4.39 Å². The fourth-order valence-corrected chi connectivity index (χ4v) is 4.56. The van der Waals surface area contributed by atoms with E-state index in [0.29, 0.717) is 17.1 Å². The zero-order valence-electron chi connectivity index (χ0n) is 19.3. The van der Waals surface area contributed by atoms with E-state index in [2.05, 4.69) is 21.4 Å². The van der Waals surface area contributed by atoms with E-state index in [-0.39, 0.29) is 18.4 Å². The largest absolute Gasteiger partial charge is 0.462 e. The highest BCUT2D eigenvalue weighted by Crippen LogP contribution is 2.37. The van der Waals surface area contributed by atoms with Crippen molar-refractivity contribution in [1.82, 2.24) is 14.4 Å². The summed E-state index contributed by atoms with van der Waals surface area (Å²) >= 11 is 6.16. The lowest BCUT2D eigenvalue weighted by Crippen LogP contribution is -2.44. The molecule has 2 heterocycles. The number of aromatic nitrogens is 1. The molecule has 0 amide bonds. The Kier molecular flexibility index (Phi) is 7.17. The predicted octanol–water partition coefficient (Wildman–Crippen LogP) is 5.17. The summed E-state index contributed by atoms with van der Waals surface area (Å²) in [6.07, 6.45) is 0. The van der Waals surface area contributed by atoms with Crippen LogP contribution in [0.25, 0.3) is 16.8 Å². The first-order valence-electron chi connectivity index (χ1n) is 11.2. The molecule has 1 saturated heterocycles. The van der Waals surface area contributed by atoms with Crippen LogP contribution in [0.3, 0.4) is 0 Å². The molecule has 5 nitrogen and oxygen atoms in total. The fraction of sp³-hybridized carbons (Fsp3) is 0.346. The van der Waals surface area contributed by atoms with Crippen LogP contribution in [0.5, 0.6) is 0 Å². The van der Waals surface area contributed by atoms with E-state index in [9.17, 15) is 9.18 Å².